The highest BCUT2D eigenvalue weighted by Gasteiger charge is 2.17. The maximum atomic E-state index is 11.1. The Morgan fingerprint density at radius 2 is 1.38 bits per heavy atom. The average Bonchev–Trinajstić information content (AvgIpc) is 2.60. The molecule has 0 aliphatic rings. The molecule has 0 heterocycles. The molecule has 0 atom stereocenters. The molecule has 0 aromatic heterocycles. The topological polar surface area (TPSA) is 94.5 Å². The van der Waals surface area contributed by atoms with Gasteiger partial charge in [0.1, 0.15) is 5.75 Å². The van der Waals surface area contributed by atoms with Crippen LogP contribution in [0.2, 0.25) is 0 Å². The van der Waals surface area contributed by atoms with E-state index in [1.165, 1.54) is 21.3 Å². The Morgan fingerprint density at radius 1 is 0.846 bits per heavy atom. The summed E-state index contributed by atoms with van der Waals surface area (Å²) in [5.74, 6) is 1.69. The van der Waals surface area contributed by atoms with E-state index in [0.29, 0.717) is 28.4 Å². The lowest BCUT2D eigenvalue weighted by Crippen LogP contribution is -1.95. The summed E-state index contributed by atoms with van der Waals surface area (Å²) < 4.78 is 31.7. The molecule has 7 nitrogen and oxygen atoms in total. The zero-order valence-electron chi connectivity index (χ0n) is 14.9. The third kappa shape index (κ3) is 5.02. The second-order valence-electron chi connectivity index (χ2n) is 5.40. The zero-order chi connectivity index (χ0) is 19.3. The van der Waals surface area contributed by atoms with Crippen LogP contribution in [0.5, 0.6) is 23.0 Å². The van der Waals surface area contributed by atoms with Crippen LogP contribution in [-0.4, -0.2) is 31.1 Å². The van der Waals surface area contributed by atoms with Gasteiger partial charge in [-0.25, -0.2) is 4.57 Å². The lowest BCUT2D eigenvalue weighted by Gasteiger charge is -2.13. The number of rotatable bonds is 7. The van der Waals surface area contributed by atoms with Crippen LogP contribution in [-0.2, 0) is 4.57 Å². The Labute approximate surface area is 152 Å². The van der Waals surface area contributed by atoms with Crippen LogP contribution in [0.4, 0.5) is 0 Å². The molecule has 0 saturated heterocycles. The lowest BCUT2D eigenvalue weighted by atomic mass is 10.1. The van der Waals surface area contributed by atoms with E-state index in [-0.39, 0.29) is 5.75 Å². The first-order chi connectivity index (χ1) is 12.3. The van der Waals surface area contributed by atoms with Gasteiger partial charge in [-0.05, 0) is 41.8 Å². The van der Waals surface area contributed by atoms with Crippen LogP contribution < -0.4 is 18.7 Å². The molecule has 0 amide bonds. The smallest absolute Gasteiger partial charge is 0.493 e. The van der Waals surface area contributed by atoms with Gasteiger partial charge in [0.2, 0.25) is 5.75 Å². The van der Waals surface area contributed by atoms with Crippen molar-refractivity contribution in [1.29, 1.82) is 0 Å². The number of aryl methyl sites for hydroxylation is 1. The van der Waals surface area contributed by atoms with Crippen molar-refractivity contribution in [2.45, 2.75) is 6.92 Å². The summed E-state index contributed by atoms with van der Waals surface area (Å²) in [5, 5.41) is 0. The fourth-order valence-electron chi connectivity index (χ4n) is 2.34. The van der Waals surface area contributed by atoms with Crippen LogP contribution in [0.1, 0.15) is 16.7 Å². The van der Waals surface area contributed by atoms with Gasteiger partial charge in [-0.1, -0.05) is 24.3 Å². The van der Waals surface area contributed by atoms with Gasteiger partial charge < -0.3 is 18.7 Å². The van der Waals surface area contributed by atoms with E-state index in [1.807, 2.05) is 12.1 Å². The van der Waals surface area contributed by atoms with Gasteiger partial charge in [-0.2, -0.15) is 0 Å². The second-order valence-corrected chi connectivity index (χ2v) is 6.56. The maximum absolute atomic E-state index is 11.1. The van der Waals surface area contributed by atoms with Crippen molar-refractivity contribution in [3.05, 3.63) is 47.0 Å². The molecule has 2 rings (SSSR count). The Kier molecular flexibility index (Phi) is 6.32. The van der Waals surface area contributed by atoms with Gasteiger partial charge >= 0.3 is 7.82 Å². The van der Waals surface area contributed by atoms with Gasteiger partial charge in [0.25, 0.3) is 0 Å². The van der Waals surface area contributed by atoms with Crippen molar-refractivity contribution in [3.63, 3.8) is 0 Å². The number of benzene rings is 2. The molecule has 0 bridgehead atoms. The minimum Gasteiger partial charge on any atom is -0.493 e. The van der Waals surface area contributed by atoms with Crippen LogP contribution in [0.3, 0.4) is 0 Å². The summed E-state index contributed by atoms with van der Waals surface area (Å²) in [4.78, 5) is 18.0. The summed E-state index contributed by atoms with van der Waals surface area (Å²) >= 11 is 0. The fraction of sp³-hybridized carbons (Fsp3) is 0.222. The minimum atomic E-state index is -4.61. The molecule has 0 aliphatic carbocycles. The molecule has 2 aromatic rings. The third-order valence-electron chi connectivity index (χ3n) is 3.58. The summed E-state index contributed by atoms with van der Waals surface area (Å²) in [6.07, 6.45) is 3.60. The van der Waals surface area contributed by atoms with E-state index < -0.39 is 7.82 Å². The molecular formula is C18H21O7P. The largest absolute Gasteiger partial charge is 0.524 e. The van der Waals surface area contributed by atoms with Gasteiger partial charge in [0, 0.05) is 0 Å². The zero-order valence-corrected chi connectivity index (χ0v) is 15.8. The van der Waals surface area contributed by atoms with E-state index in [2.05, 4.69) is 0 Å². The van der Waals surface area contributed by atoms with Crippen LogP contribution in [0.15, 0.2) is 30.3 Å². The predicted molar refractivity (Wildman–Crippen MR) is 98.9 cm³/mol. The van der Waals surface area contributed by atoms with Crippen molar-refractivity contribution < 1.29 is 33.1 Å². The maximum Gasteiger partial charge on any atom is 0.524 e. The van der Waals surface area contributed by atoms with Crippen molar-refractivity contribution >= 4 is 20.0 Å². The normalized spacial score (nSPS) is 11.5. The molecule has 8 heteroatoms. The highest BCUT2D eigenvalue weighted by Crippen LogP contribution is 2.40. The van der Waals surface area contributed by atoms with E-state index in [4.69, 9.17) is 28.5 Å². The monoisotopic (exact) mass is 380 g/mol. The Hall–Kier alpha value is -2.47. The van der Waals surface area contributed by atoms with Gasteiger partial charge in [-0.3, -0.25) is 9.79 Å². The molecule has 0 radical (unpaired) electrons. The molecule has 2 N–H and O–H groups in total. The molecule has 2 aromatic carbocycles. The summed E-state index contributed by atoms with van der Waals surface area (Å²) in [7, 11) is -0.00421. The van der Waals surface area contributed by atoms with Gasteiger partial charge in [-0.15, -0.1) is 0 Å². The number of phosphoric ester groups is 1. The first kappa shape index (κ1) is 19.8. The van der Waals surface area contributed by atoms with Crippen molar-refractivity contribution in [2.75, 3.05) is 21.3 Å². The van der Waals surface area contributed by atoms with Crippen molar-refractivity contribution in [1.82, 2.24) is 0 Å². The van der Waals surface area contributed by atoms with Gasteiger partial charge in [0.05, 0.1) is 21.3 Å². The van der Waals surface area contributed by atoms with Crippen LogP contribution in [0, 0.1) is 6.92 Å². The summed E-state index contributed by atoms with van der Waals surface area (Å²) in [6, 6.07) is 8.68. The quantitative estimate of drug-likeness (QED) is 0.559. The number of ether oxygens (including phenoxy) is 3. The second kappa shape index (κ2) is 8.27. The minimum absolute atomic E-state index is 0.130. The van der Waals surface area contributed by atoms with Gasteiger partial charge in [0.15, 0.2) is 11.5 Å². The predicted octanol–water partition coefficient (Wildman–Crippen LogP) is 3.66. The molecule has 140 valence electrons. The molecule has 0 fully saturated rings. The standard InChI is InChI=1S/C18H21O7P/c1-12-5-6-13(9-15(12)25-26(19,20)21)7-8-14-10-16(22-2)18(24-4)17(11-14)23-3/h5-11H,1-4H3,(H2,19,20,21)/b8-7-. The molecule has 26 heavy (non-hydrogen) atoms. The van der Waals surface area contributed by atoms with Crippen molar-refractivity contribution in [2.24, 2.45) is 0 Å². The number of hydrogen-bond acceptors (Lipinski definition) is 5. The van der Waals surface area contributed by atoms with Crippen LogP contribution in [0.25, 0.3) is 12.2 Å². The Morgan fingerprint density at radius 3 is 1.88 bits per heavy atom. The first-order valence-corrected chi connectivity index (χ1v) is 9.14. The first-order valence-electron chi connectivity index (χ1n) is 7.61. The number of phosphoric acid groups is 1. The number of hydrogen-bond donors (Lipinski definition) is 2. The highest BCUT2D eigenvalue weighted by atomic mass is 31.2. The number of methoxy groups -OCH3 is 3. The summed E-state index contributed by atoms with van der Waals surface area (Å²) in [6.45, 7) is 1.71. The molecule has 0 saturated carbocycles. The molecule has 0 unspecified atom stereocenters. The van der Waals surface area contributed by atoms with E-state index in [0.717, 1.165) is 5.56 Å². The van der Waals surface area contributed by atoms with E-state index in [1.54, 1.807) is 37.3 Å². The lowest BCUT2D eigenvalue weighted by molar-refractivity contribution is 0.282. The van der Waals surface area contributed by atoms with E-state index >= 15 is 0 Å². The highest BCUT2D eigenvalue weighted by molar-refractivity contribution is 7.46. The Balaban J connectivity index is 2.35. The summed E-state index contributed by atoms with van der Waals surface area (Å²) in [5.41, 5.74) is 2.14. The van der Waals surface area contributed by atoms with Crippen molar-refractivity contribution in [3.8, 4) is 23.0 Å². The molecule has 0 spiro atoms. The fourth-order valence-corrected chi connectivity index (χ4v) is 2.79. The van der Waals surface area contributed by atoms with E-state index in [9.17, 15) is 4.57 Å². The molecule has 0 aliphatic heterocycles. The Bertz CT molecular complexity index is 830. The average molecular weight is 380 g/mol. The van der Waals surface area contributed by atoms with Crippen LogP contribution >= 0.6 is 7.82 Å². The SMILES string of the molecule is COc1cc(/C=C\c2ccc(C)c(OP(=O)(O)O)c2)cc(OC)c1OC. The third-order valence-corrected chi connectivity index (χ3v) is 4.02. The molecular weight excluding hydrogens is 359 g/mol.